The van der Waals surface area contributed by atoms with E-state index in [9.17, 15) is 4.79 Å². The lowest BCUT2D eigenvalue weighted by atomic mass is 9.98. The number of unbranched alkanes of at least 4 members (excludes halogenated alkanes) is 1. The molecule has 0 bridgehead atoms. The summed E-state index contributed by atoms with van der Waals surface area (Å²) in [6, 6.07) is 6.12. The topological polar surface area (TPSA) is 20.3 Å². The molecule has 18 heavy (non-hydrogen) atoms. The SMILES string of the molecule is C=C1c2cc(C(C)C)ccc2C(=O)N1CCCC. The Labute approximate surface area is 109 Å². The molecule has 1 aromatic carbocycles. The average Bonchev–Trinajstić information content (AvgIpc) is 2.59. The number of hydrogen-bond donors (Lipinski definition) is 0. The molecule has 0 unspecified atom stereocenters. The highest BCUT2D eigenvalue weighted by molar-refractivity contribution is 6.08. The van der Waals surface area contributed by atoms with E-state index in [1.807, 2.05) is 11.0 Å². The summed E-state index contributed by atoms with van der Waals surface area (Å²) in [7, 11) is 0. The van der Waals surface area contributed by atoms with Gasteiger partial charge in [0.2, 0.25) is 0 Å². The maximum atomic E-state index is 12.3. The first-order chi connectivity index (χ1) is 8.56. The van der Waals surface area contributed by atoms with Crippen LogP contribution in [0.3, 0.4) is 0 Å². The lowest BCUT2D eigenvalue weighted by Gasteiger charge is -2.16. The van der Waals surface area contributed by atoms with Gasteiger partial charge in [-0.2, -0.15) is 0 Å². The highest BCUT2D eigenvalue weighted by atomic mass is 16.2. The maximum absolute atomic E-state index is 12.3. The van der Waals surface area contributed by atoms with E-state index in [1.54, 1.807) is 0 Å². The molecule has 2 rings (SSSR count). The van der Waals surface area contributed by atoms with E-state index >= 15 is 0 Å². The van der Waals surface area contributed by atoms with Crippen molar-refractivity contribution in [3.63, 3.8) is 0 Å². The first-order valence-corrected chi connectivity index (χ1v) is 6.71. The Kier molecular flexibility index (Phi) is 3.55. The number of fused-ring (bicyclic) bond motifs is 1. The van der Waals surface area contributed by atoms with Gasteiger partial charge >= 0.3 is 0 Å². The molecular formula is C16H21NO. The Bertz CT molecular complexity index is 488. The van der Waals surface area contributed by atoms with Crippen LogP contribution in [0.4, 0.5) is 0 Å². The number of amides is 1. The Morgan fingerprint density at radius 1 is 1.28 bits per heavy atom. The molecule has 0 atom stereocenters. The summed E-state index contributed by atoms with van der Waals surface area (Å²) in [4.78, 5) is 14.1. The second-order valence-electron chi connectivity index (χ2n) is 5.22. The summed E-state index contributed by atoms with van der Waals surface area (Å²) >= 11 is 0. The van der Waals surface area contributed by atoms with Crippen molar-refractivity contribution in [3.8, 4) is 0 Å². The van der Waals surface area contributed by atoms with Crippen molar-refractivity contribution < 1.29 is 4.79 Å². The quantitative estimate of drug-likeness (QED) is 0.781. The second kappa shape index (κ2) is 4.97. The van der Waals surface area contributed by atoms with Crippen LogP contribution >= 0.6 is 0 Å². The van der Waals surface area contributed by atoms with Crippen molar-refractivity contribution in [3.05, 3.63) is 41.5 Å². The summed E-state index contributed by atoms with van der Waals surface area (Å²) in [6.07, 6.45) is 2.11. The lowest BCUT2D eigenvalue weighted by molar-refractivity contribution is 0.0849. The zero-order valence-corrected chi connectivity index (χ0v) is 11.5. The van der Waals surface area contributed by atoms with Crippen LogP contribution in [-0.4, -0.2) is 17.4 Å². The van der Waals surface area contributed by atoms with E-state index in [1.165, 1.54) is 5.56 Å². The average molecular weight is 243 g/mol. The molecule has 0 aliphatic carbocycles. The first-order valence-electron chi connectivity index (χ1n) is 6.71. The maximum Gasteiger partial charge on any atom is 0.258 e. The predicted molar refractivity (Wildman–Crippen MR) is 75.5 cm³/mol. The van der Waals surface area contributed by atoms with Gasteiger partial charge in [-0.1, -0.05) is 39.8 Å². The van der Waals surface area contributed by atoms with E-state index in [4.69, 9.17) is 0 Å². The van der Waals surface area contributed by atoms with Crippen molar-refractivity contribution in [2.75, 3.05) is 6.54 Å². The minimum absolute atomic E-state index is 0.110. The third-order valence-electron chi connectivity index (χ3n) is 3.56. The normalized spacial score (nSPS) is 14.6. The Morgan fingerprint density at radius 3 is 2.61 bits per heavy atom. The Morgan fingerprint density at radius 2 is 2.00 bits per heavy atom. The molecule has 0 fully saturated rings. The fourth-order valence-corrected chi connectivity index (χ4v) is 2.31. The van der Waals surface area contributed by atoms with Crippen LogP contribution in [0.1, 0.15) is 61.0 Å². The standard InChI is InChI=1S/C16H21NO/c1-5-6-9-17-12(4)15-10-13(11(2)3)7-8-14(15)16(17)18/h7-8,10-11H,4-6,9H2,1-3H3. The summed E-state index contributed by atoms with van der Waals surface area (Å²) in [5.74, 6) is 0.585. The summed E-state index contributed by atoms with van der Waals surface area (Å²) in [5, 5.41) is 0. The molecule has 0 aromatic heterocycles. The van der Waals surface area contributed by atoms with Crippen LogP contribution in [0.25, 0.3) is 5.70 Å². The molecule has 2 heteroatoms. The second-order valence-corrected chi connectivity index (χ2v) is 5.22. The van der Waals surface area contributed by atoms with Crippen molar-refractivity contribution in [2.45, 2.75) is 39.5 Å². The Balaban J connectivity index is 2.33. The van der Waals surface area contributed by atoms with E-state index in [0.29, 0.717) is 5.92 Å². The molecule has 1 aliphatic rings. The van der Waals surface area contributed by atoms with Crippen molar-refractivity contribution in [1.29, 1.82) is 0 Å². The van der Waals surface area contributed by atoms with E-state index in [0.717, 1.165) is 36.2 Å². The zero-order valence-electron chi connectivity index (χ0n) is 11.5. The van der Waals surface area contributed by atoms with Crippen LogP contribution in [-0.2, 0) is 0 Å². The summed E-state index contributed by atoms with van der Waals surface area (Å²) in [6.45, 7) is 11.3. The van der Waals surface area contributed by atoms with Gasteiger partial charge in [-0.3, -0.25) is 4.79 Å². The monoisotopic (exact) mass is 243 g/mol. The lowest BCUT2D eigenvalue weighted by Crippen LogP contribution is -2.23. The summed E-state index contributed by atoms with van der Waals surface area (Å²) < 4.78 is 0. The van der Waals surface area contributed by atoms with E-state index < -0.39 is 0 Å². The third kappa shape index (κ3) is 2.07. The molecule has 1 aliphatic heterocycles. The molecule has 96 valence electrons. The fourth-order valence-electron chi connectivity index (χ4n) is 2.31. The molecular weight excluding hydrogens is 222 g/mol. The number of hydrogen-bond acceptors (Lipinski definition) is 1. The predicted octanol–water partition coefficient (Wildman–Crippen LogP) is 4.04. The van der Waals surface area contributed by atoms with Crippen molar-refractivity contribution in [2.24, 2.45) is 0 Å². The van der Waals surface area contributed by atoms with Gasteiger partial charge in [0.15, 0.2) is 0 Å². The smallest absolute Gasteiger partial charge is 0.258 e. The van der Waals surface area contributed by atoms with Crippen LogP contribution in [0.5, 0.6) is 0 Å². The number of benzene rings is 1. The molecule has 0 radical (unpaired) electrons. The molecule has 1 aromatic rings. The van der Waals surface area contributed by atoms with Gasteiger partial charge in [-0.15, -0.1) is 0 Å². The van der Waals surface area contributed by atoms with E-state index in [-0.39, 0.29) is 5.91 Å². The van der Waals surface area contributed by atoms with Gasteiger partial charge in [0.05, 0.1) is 0 Å². The van der Waals surface area contributed by atoms with Gasteiger partial charge in [-0.05, 0) is 30.0 Å². The van der Waals surface area contributed by atoms with Gasteiger partial charge in [0.1, 0.15) is 0 Å². The van der Waals surface area contributed by atoms with Crippen molar-refractivity contribution >= 4 is 11.6 Å². The molecule has 1 heterocycles. The van der Waals surface area contributed by atoms with Crippen LogP contribution in [0.2, 0.25) is 0 Å². The van der Waals surface area contributed by atoms with E-state index in [2.05, 4.69) is 39.5 Å². The highest BCUT2D eigenvalue weighted by Gasteiger charge is 2.30. The van der Waals surface area contributed by atoms with Gasteiger partial charge in [0.25, 0.3) is 5.91 Å². The third-order valence-corrected chi connectivity index (χ3v) is 3.56. The van der Waals surface area contributed by atoms with Gasteiger partial charge < -0.3 is 4.90 Å². The molecule has 0 saturated carbocycles. The number of carbonyl (C=O) groups is 1. The minimum Gasteiger partial charge on any atom is -0.308 e. The number of rotatable bonds is 4. The molecule has 0 spiro atoms. The largest absolute Gasteiger partial charge is 0.308 e. The molecule has 1 amide bonds. The van der Waals surface area contributed by atoms with Crippen LogP contribution in [0.15, 0.2) is 24.8 Å². The number of carbonyl (C=O) groups excluding carboxylic acids is 1. The molecule has 2 nitrogen and oxygen atoms in total. The Hall–Kier alpha value is -1.57. The zero-order chi connectivity index (χ0) is 13.3. The summed E-state index contributed by atoms with van der Waals surface area (Å²) in [5.41, 5.74) is 3.95. The van der Waals surface area contributed by atoms with Gasteiger partial charge in [0, 0.05) is 23.4 Å². The molecule has 0 saturated heterocycles. The first kappa shape index (κ1) is 12.9. The minimum atomic E-state index is 0.110. The van der Waals surface area contributed by atoms with Crippen molar-refractivity contribution in [1.82, 2.24) is 4.90 Å². The molecule has 0 N–H and O–H groups in total. The highest BCUT2D eigenvalue weighted by Crippen LogP contribution is 2.33. The number of nitrogens with zero attached hydrogens (tertiary/aromatic N) is 1. The fraction of sp³-hybridized carbons (Fsp3) is 0.438. The van der Waals surface area contributed by atoms with Crippen LogP contribution < -0.4 is 0 Å². The van der Waals surface area contributed by atoms with Gasteiger partial charge in [-0.25, -0.2) is 0 Å². The van der Waals surface area contributed by atoms with Crippen LogP contribution in [0, 0.1) is 0 Å².